The van der Waals surface area contributed by atoms with E-state index in [4.69, 9.17) is 66.3 Å². The van der Waals surface area contributed by atoms with Crippen molar-refractivity contribution in [2.75, 3.05) is 14.2 Å². The Balaban J connectivity index is 0.000000146. The maximum atomic E-state index is 6.35. The lowest BCUT2D eigenvalue weighted by Gasteiger charge is -2.26. The Hall–Kier alpha value is -15.9. The van der Waals surface area contributed by atoms with Crippen LogP contribution in [0, 0.1) is 76.2 Å². The lowest BCUT2D eigenvalue weighted by atomic mass is 9.87. The van der Waals surface area contributed by atoms with Crippen molar-refractivity contribution >= 4 is 0 Å². The van der Waals surface area contributed by atoms with Crippen LogP contribution in [0.15, 0.2) is 413 Å². The summed E-state index contributed by atoms with van der Waals surface area (Å²) in [4.78, 5) is 0. The van der Waals surface area contributed by atoms with Crippen LogP contribution in [0.5, 0.6) is 74.7 Å². The number of benzene rings is 17. The number of aryl methyl sites for hydroxylation is 11. The molecule has 1 aliphatic rings. The zero-order valence-corrected chi connectivity index (χ0v) is 87.1. The molecule has 0 aromatic heterocycles. The first-order valence-electron chi connectivity index (χ1n) is 50.1. The monoisotopic (exact) mass is 1940 g/mol. The lowest BCUT2D eigenvalue weighted by molar-refractivity contribution is -0.116. The lowest BCUT2D eigenvalue weighted by Crippen LogP contribution is -2.26. The molecule has 0 spiro atoms. The fourth-order valence-electron chi connectivity index (χ4n) is 15.8. The largest absolute Gasteiger partial charge is 0.497 e. The van der Waals surface area contributed by atoms with Gasteiger partial charge in [-0.3, -0.25) is 0 Å². The van der Waals surface area contributed by atoms with Gasteiger partial charge >= 0.3 is 0 Å². The van der Waals surface area contributed by atoms with Gasteiger partial charge in [-0.1, -0.05) is 332 Å². The minimum Gasteiger partial charge on any atom is -0.497 e. The third-order valence-electron chi connectivity index (χ3n) is 24.6. The molecule has 1 unspecified atom stereocenters. The number of ether oxygens (including phenoxy) is 14. The first-order valence-corrected chi connectivity index (χ1v) is 50.1. The Morgan fingerprint density at radius 3 is 0.658 bits per heavy atom. The van der Waals surface area contributed by atoms with Crippen LogP contribution >= 0.6 is 0 Å². The molecule has 0 bridgehead atoms. The van der Waals surface area contributed by atoms with E-state index in [2.05, 4.69) is 192 Å². The van der Waals surface area contributed by atoms with Crippen molar-refractivity contribution in [3.05, 3.63) is 507 Å². The van der Waals surface area contributed by atoms with E-state index >= 15 is 0 Å². The van der Waals surface area contributed by atoms with Crippen molar-refractivity contribution in [1.29, 1.82) is 0 Å². The van der Waals surface area contributed by atoms with Crippen LogP contribution in [-0.4, -0.2) is 26.6 Å². The van der Waals surface area contributed by atoms with Crippen molar-refractivity contribution in [2.24, 2.45) is 0 Å². The van der Waals surface area contributed by atoms with E-state index in [1.54, 1.807) is 14.2 Å². The third kappa shape index (κ3) is 33.3. The first kappa shape index (κ1) is 106. The molecular formula is C132H136O14. The molecule has 0 aliphatic heterocycles. The van der Waals surface area contributed by atoms with Gasteiger partial charge in [0.2, 0.25) is 0 Å². The van der Waals surface area contributed by atoms with Crippen molar-refractivity contribution in [3.63, 3.8) is 0 Å². The third-order valence-corrected chi connectivity index (χ3v) is 24.6. The van der Waals surface area contributed by atoms with E-state index in [-0.39, 0.29) is 11.7 Å². The second-order valence-electron chi connectivity index (χ2n) is 38.1. The molecule has 1 fully saturated rings. The fraction of sp³-hybridized carbons (Fsp3) is 0.227. The molecule has 146 heavy (non-hydrogen) atoms. The summed E-state index contributed by atoms with van der Waals surface area (Å²) < 4.78 is 84.9. The Bertz CT molecular complexity index is 6450. The van der Waals surface area contributed by atoms with E-state index in [0.29, 0.717) is 6.10 Å². The van der Waals surface area contributed by atoms with Crippen LogP contribution < -0.4 is 61.6 Å². The van der Waals surface area contributed by atoms with Gasteiger partial charge in [-0.25, -0.2) is 0 Å². The molecule has 1 saturated carbocycles. The summed E-state index contributed by atoms with van der Waals surface area (Å²) in [6, 6.07) is 137. The molecule has 0 radical (unpaired) electrons. The summed E-state index contributed by atoms with van der Waals surface area (Å²) >= 11 is 0. The molecule has 0 N–H and O–H groups in total. The Morgan fingerprint density at radius 2 is 0.404 bits per heavy atom. The van der Waals surface area contributed by atoms with Crippen LogP contribution in [0.2, 0.25) is 0 Å². The van der Waals surface area contributed by atoms with E-state index in [1.807, 2.05) is 324 Å². The quantitative estimate of drug-likeness (QED) is 0.0362. The van der Waals surface area contributed by atoms with Crippen LogP contribution in [0.25, 0.3) is 22.3 Å². The number of rotatable bonds is 33. The van der Waals surface area contributed by atoms with Crippen molar-refractivity contribution in [3.8, 4) is 97.0 Å². The highest BCUT2D eigenvalue weighted by Gasteiger charge is 2.26. The minimum atomic E-state index is -0.624. The predicted octanol–water partition coefficient (Wildman–Crippen LogP) is 34.3. The average Bonchev–Trinajstić information content (AvgIpc) is 0.842. The van der Waals surface area contributed by atoms with Gasteiger partial charge in [0, 0.05) is 22.3 Å². The van der Waals surface area contributed by atoms with Gasteiger partial charge in [-0.2, -0.15) is 0 Å². The van der Waals surface area contributed by atoms with E-state index in [0.717, 1.165) is 127 Å². The molecule has 14 nitrogen and oxygen atoms in total. The molecule has 748 valence electrons. The maximum Gasteiger partial charge on any atom is 0.271 e. The maximum absolute atomic E-state index is 6.35. The van der Waals surface area contributed by atoms with Gasteiger partial charge in [0.05, 0.1) is 25.9 Å². The van der Waals surface area contributed by atoms with Crippen LogP contribution in [0.3, 0.4) is 0 Å². The van der Waals surface area contributed by atoms with Gasteiger partial charge in [-0.15, -0.1) is 0 Å². The molecule has 17 aromatic carbocycles. The molecule has 1 aliphatic carbocycles. The smallest absolute Gasteiger partial charge is 0.271 e. The average molecular weight is 1950 g/mol. The topological polar surface area (TPSA) is 129 Å². The van der Waals surface area contributed by atoms with Gasteiger partial charge in [0.15, 0.2) is 6.29 Å². The number of methoxy groups -OCH3 is 2. The second kappa shape index (κ2) is 52.9. The van der Waals surface area contributed by atoms with Gasteiger partial charge in [0.25, 0.3) is 31.5 Å². The molecule has 18 rings (SSSR count). The summed E-state index contributed by atoms with van der Waals surface area (Å²) in [5.41, 5.74) is 23.9. The van der Waals surface area contributed by atoms with Crippen LogP contribution in [0.1, 0.15) is 186 Å². The van der Waals surface area contributed by atoms with Crippen molar-refractivity contribution < 1.29 is 66.3 Å². The first-order chi connectivity index (χ1) is 70.7. The van der Waals surface area contributed by atoms with Gasteiger partial charge < -0.3 is 66.3 Å². The summed E-state index contributed by atoms with van der Waals surface area (Å²) in [7, 11) is 3.30. The second-order valence-corrected chi connectivity index (χ2v) is 38.1. The van der Waals surface area contributed by atoms with Crippen molar-refractivity contribution in [1.82, 2.24) is 0 Å². The van der Waals surface area contributed by atoms with Gasteiger partial charge in [-0.05, 0) is 311 Å². The van der Waals surface area contributed by atoms with Gasteiger partial charge in [0.1, 0.15) is 74.7 Å². The number of hydrogen-bond acceptors (Lipinski definition) is 14. The highest BCUT2D eigenvalue weighted by Crippen LogP contribution is 2.39. The van der Waals surface area contributed by atoms with Crippen LogP contribution in [-0.2, 0) is 10.2 Å². The van der Waals surface area contributed by atoms with Crippen LogP contribution in [0.4, 0.5) is 0 Å². The Morgan fingerprint density at radius 1 is 0.205 bits per heavy atom. The number of para-hydroxylation sites is 1. The Labute approximate surface area is 864 Å². The van der Waals surface area contributed by atoms with E-state index in [9.17, 15) is 0 Å². The Kier molecular flexibility index (Phi) is 38.4. The molecule has 0 amide bonds. The summed E-state index contributed by atoms with van der Waals surface area (Å²) in [5, 5.41) is 0. The standard InChI is InChI=1S/C34H30O3.C29H34O4.C25H28O2.C22H22O3.C22H22O2/c1-24-4-8-26(9-5-24)28-12-20-32(21-13-28)36-34(30-16-18-31(35-3)19-17-30)37-33-22-14-29(15-23-33)27-10-6-25(2)7-11-27;1-21-9-15-27(16-10-21)32-29(33-28-17-11-22(2)12-18-28)24-13-19-26(20-14-24)31-23(3)30-25-7-5-4-6-8-25;1-18-6-14-22(15-7-18)26-24(27-23-16-8-19(2)9-17-23)20-10-12-21(13-11-20)25(3,4)5;1-16-8-12-18(13-9-16)24-22(20-6-4-5-7-21(20)23-3)25-19-14-10-17(2)11-15-19;1-16-4-10-19(11-5-16)22(23-20-12-6-17(2)7-13-20)24-21-14-8-18(3)9-15-21/h4-23,34H,1-3H3;9-20,23,25,29H,4-8H2,1-3H3;6-17,24H,1-5H3;4-15,22H,1-3H3;4-15,22H,1-3H3. The molecule has 0 saturated heterocycles. The molecule has 1 atom stereocenters. The molecule has 17 aromatic rings. The summed E-state index contributed by atoms with van der Waals surface area (Å²) in [6.07, 6.45) is 3.27. The van der Waals surface area contributed by atoms with Crippen molar-refractivity contribution in [2.45, 2.75) is 185 Å². The van der Waals surface area contributed by atoms with E-state index in [1.165, 1.54) is 97.2 Å². The minimum absolute atomic E-state index is 0.115. The predicted molar refractivity (Wildman–Crippen MR) is 589 cm³/mol. The fourth-order valence-corrected chi connectivity index (χ4v) is 15.8. The highest BCUT2D eigenvalue weighted by molar-refractivity contribution is 5.66. The molecular weight excluding hydrogens is 1810 g/mol. The molecule has 14 heteroatoms. The summed E-state index contributed by atoms with van der Waals surface area (Å²) in [5.74, 6) is 9.90. The zero-order valence-electron chi connectivity index (χ0n) is 87.1. The summed E-state index contributed by atoms with van der Waals surface area (Å²) in [6.45, 7) is 31.3. The normalized spacial score (nSPS) is 11.9. The van der Waals surface area contributed by atoms with E-state index < -0.39 is 31.5 Å². The number of hydrogen-bond donors (Lipinski definition) is 0. The SMILES string of the molecule is COc1ccc(C(Oc2ccc(-c3ccc(C)cc3)cc2)Oc2ccc(-c3ccc(C)cc3)cc2)cc1.COc1ccccc1C(Oc1ccc(C)cc1)Oc1ccc(C)cc1.Cc1ccc(OC(Oc2ccc(C)cc2)c2ccc(C(C)(C)C)cc2)cc1.Cc1ccc(OC(Oc2ccc(C)cc2)c2ccc(C)cc2)cc1.Cc1ccc(OC(Oc2ccc(C)cc2)c2ccc(OC(C)OC3CCCCC3)cc2)cc1. The highest BCUT2D eigenvalue weighted by atomic mass is 16.7. The zero-order chi connectivity index (χ0) is 103. The molecule has 0 heterocycles.